The van der Waals surface area contributed by atoms with E-state index < -0.39 is 5.97 Å². The molecule has 4 aromatic rings. The van der Waals surface area contributed by atoms with Crippen molar-refractivity contribution >= 4 is 17.4 Å². The zero-order valence-corrected chi connectivity index (χ0v) is 17.4. The molecule has 0 aliphatic heterocycles. The molecule has 31 heavy (non-hydrogen) atoms. The summed E-state index contributed by atoms with van der Waals surface area (Å²) in [6.07, 6.45) is 3.25. The van der Waals surface area contributed by atoms with E-state index in [2.05, 4.69) is 10.1 Å². The third kappa shape index (κ3) is 3.96. The maximum absolute atomic E-state index is 13.2. The largest absolute Gasteiger partial charge is 0.454 e. The lowest BCUT2D eigenvalue weighted by Crippen LogP contribution is -2.16. The first-order valence-corrected chi connectivity index (χ1v) is 9.76. The lowest BCUT2D eigenvalue weighted by Gasteiger charge is -2.10. The molecule has 0 radical (unpaired) electrons. The number of aryl methyl sites for hydroxylation is 2. The highest BCUT2D eigenvalue weighted by atomic mass is 19.1. The summed E-state index contributed by atoms with van der Waals surface area (Å²) in [5.74, 6) is -1.23. The molecule has 0 bridgehead atoms. The van der Waals surface area contributed by atoms with Gasteiger partial charge < -0.3 is 9.30 Å². The van der Waals surface area contributed by atoms with E-state index in [1.54, 1.807) is 43.6 Å². The molecule has 0 saturated carbocycles. The van der Waals surface area contributed by atoms with Crippen LogP contribution in [0.15, 0.2) is 48.8 Å². The van der Waals surface area contributed by atoms with Crippen molar-refractivity contribution in [2.45, 2.75) is 27.3 Å². The fourth-order valence-corrected chi connectivity index (χ4v) is 3.62. The quantitative estimate of drug-likeness (QED) is 0.351. The Labute approximate surface area is 178 Å². The molecule has 158 valence electrons. The molecular weight excluding hydrogens is 399 g/mol. The second kappa shape index (κ2) is 8.14. The molecule has 4 rings (SSSR count). The summed E-state index contributed by atoms with van der Waals surface area (Å²) >= 11 is 0. The summed E-state index contributed by atoms with van der Waals surface area (Å²) in [6.45, 7) is 5.55. The van der Waals surface area contributed by atoms with Crippen LogP contribution in [-0.2, 0) is 11.3 Å². The number of fused-ring (bicyclic) bond motifs is 1. The van der Waals surface area contributed by atoms with E-state index in [-0.39, 0.29) is 23.8 Å². The summed E-state index contributed by atoms with van der Waals surface area (Å²) in [6, 6.07) is 9.73. The number of carbonyl (C=O) groups excluding carboxylic acids is 2. The average molecular weight is 420 g/mol. The van der Waals surface area contributed by atoms with Gasteiger partial charge in [-0.2, -0.15) is 5.10 Å². The van der Waals surface area contributed by atoms with Crippen LogP contribution in [0.1, 0.15) is 43.4 Å². The molecule has 0 unspecified atom stereocenters. The molecule has 0 N–H and O–H groups in total. The van der Waals surface area contributed by atoms with Gasteiger partial charge in [0.05, 0.1) is 5.69 Å². The number of esters is 1. The molecule has 0 fully saturated rings. The van der Waals surface area contributed by atoms with Gasteiger partial charge in [0.2, 0.25) is 5.78 Å². The van der Waals surface area contributed by atoms with Crippen LogP contribution >= 0.6 is 0 Å². The number of ether oxygens (including phenoxy) is 1. The van der Waals surface area contributed by atoms with Crippen molar-refractivity contribution in [3.05, 3.63) is 88.4 Å². The smallest absolute Gasteiger partial charge is 0.344 e. The minimum absolute atomic E-state index is 0.246. The Morgan fingerprint density at radius 2 is 1.87 bits per heavy atom. The number of benzene rings is 1. The Morgan fingerprint density at radius 1 is 1.13 bits per heavy atom. The van der Waals surface area contributed by atoms with Crippen LogP contribution in [0.5, 0.6) is 0 Å². The molecule has 8 heteroatoms. The first-order valence-electron chi connectivity index (χ1n) is 9.76. The number of ketones is 1. The molecule has 0 atom stereocenters. The zero-order chi connectivity index (χ0) is 22.1. The van der Waals surface area contributed by atoms with E-state index >= 15 is 0 Å². The highest BCUT2D eigenvalue weighted by molar-refractivity contribution is 6.02. The summed E-state index contributed by atoms with van der Waals surface area (Å²) in [5, 5.41) is 4.24. The molecule has 3 heterocycles. The van der Waals surface area contributed by atoms with Gasteiger partial charge in [0.15, 0.2) is 12.3 Å². The van der Waals surface area contributed by atoms with Gasteiger partial charge in [-0.25, -0.2) is 18.7 Å². The van der Waals surface area contributed by atoms with Crippen LogP contribution in [-0.4, -0.2) is 37.5 Å². The van der Waals surface area contributed by atoms with Crippen molar-refractivity contribution in [2.24, 2.45) is 0 Å². The van der Waals surface area contributed by atoms with Crippen LogP contribution in [0.3, 0.4) is 0 Å². The van der Waals surface area contributed by atoms with Gasteiger partial charge in [0.1, 0.15) is 11.4 Å². The molecule has 3 aromatic heterocycles. The zero-order valence-electron chi connectivity index (χ0n) is 17.4. The van der Waals surface area contributed by atoms with Crippen LogP contribution < -0.4 is 0 Å². The SMILES string of the molecule is Cc1nn2cccnc2c1C(=O)OCC(=O)c1cc(C)n(Cc2ccc(F)cc2)c1C. The second-order valence-electron chi connectivity index (χ2n) is 7.35. The third-order valence-electron chi connectivity index (χ3n) is 5.24. The van der Waals surface area contributed by atoms with E-state index in [0.29, 0.717) is 23.4 Å². The first-order chi connectivity index (χ1) is 14.8. The standard InChI is InChI=1S/C23H21FN4O3/c1-14-11-19(16(3)27(14)12-17-5-7-18(24)8-6-17)20(29)13-31-23(30)21-15(2)26-28-10-4-9-25-22(21)28/h4-11H,12-13H2,1-3H3. The summed E-state index contributed by atoms with van der Waals surface area (Å²) in [7, 11) is 0. The van der Waals surface area contributed by atoms with Gasteiger partial charge in [0.25, 0.3) is 0 Å². The number of hydrogen-bond acceptors (Lipinski definition) is 5. The number of carbonyl (C=O) groups is 2. The predicted octanol–water partition coefficient (Wildman–Crippen LogP) is 3.68. The molecular formula is C23H21FN4O3. The Kier molecular flexibility index (Phi) is 5.37. The molecule has 0 spiro atoms. The highest BCUT2D eigenvalue weighted by Gasteiger charge is 2.22. The Morgan fingerprint density at radius 3 is 2.61 bits per heavy atom. The van der Waals surface area contributed by atoms with Gasteiger partial charge in [-0.1, -0.05) is 12.1 Å². The molecule has 0 amide bonds. The van der Waals surface area contributed by atoms with Crippen molar-refractivity contribution < 1.29 is 18.7 Å². The second-order valence-corrected chi connectivity index (χ2v) is 7.35. The van der Waals surface area contributed by atoms with E-state index in [0.717, 1.165) is 17.0 Å². The predicted molar refractivity (Wildman–Crippen MR) is 112 cm³/mol. The summed E-state index contributed by atoms with van der Waals surface area (Å²) in [4.78, 5) is 29.5. The fourth-order valence-electron chi connectivity index (χ4n) is 3.62. The molecule has 0 saturated heterocycles. The third-order valence-corrected chi connectivity index (χ3v) is 5.24. The topological polar surface area (TPSA) is 78.5 Å². The maximum Gasteiger partial charge on any atom is 0.344 e. The Balaban J connectivity index is 1.49. The van der Waals surface area contributed by atoms with Crippen molar-refractivity contribution in [1.82, 2.24) is 19.2 Å². The molecule has 0 aliphatic carbocycles. The number of rotatable bonds is 6. The van der Waals surface area contributed by atoms with Crippen molar-refractivity contribution in [3.63, 3.8) is 0 Å². The maximum atomic E-state index is 13.2. The van der Waals surface area contributed by atoms with Gasteiger partial charge >= 0.3 is 5.97 Å². The van der Waals surface area contributed by atoms with Crippen molar-refractivity contribution in [2.75, 3.05) is 6.61 Å². The molecule has 7 nitrogen and oxygen atoms in total. The van der Waals surface area contributed by atoms with Crippen molar-refractivity contribution in [1.29, 1.82) is 0 Å². The van der Waals surface area contributed by atoms with Gasteiger partial charge in [-0.05, 0) is 50.6 Å². The van der Waals surface area contributed by atoms with Crippen LogP contribution in [0.2, 0.25) is 0 Å². The summed E-state index contributed by atoms with van der Waals surface area (Å²) < 4.78 is 21.9. The minimum Gasteiger partial charge on any atom is -0.454 e. The van der Waals surface area contributed by atoms with E-state index in [9.17, 15) is 14.0 Å². The lowest BCUT2D eigenvalue weighted by atomic mass is 10.1. The van der Waals surface area contributed by atoms with E-state index in [4.69, 9.17) is 4.74 Å². The summed E-state index contributed by atoms with van der Waals surface area (Å²) in [5.41, 5.74) is 4.17. The number of nitrogens with zero attached hydrogens (tertiary/aromatic N) is 4. The Hall–Kier alpha value is -3.81. The number of Topliss-reactive ketones (excluding diaryl/α,β-unsaturated/α-hetero) is 1. The minimum atomic E-state index is -0.639. The number of aromatic nitrogens is 4. The first kappa shape index (κ1) is 20.5. The fraction of sp³-hybridized carbons (Fsp3) is 0.217. The van der Waals surface area contributed by atoms with Crippen LogP contribution in [0, 0.1) is 26.6 Å². The highest BCUT2D eigenvalue weighted by Crippen LogP contribution is 2.19. The number of hydrogen-bond donors (Lipinski definition) is 0. The van der Waals surface area contributed by atoms with Crippen LogP contribution in [0.4, 0.5) is 4.39 Å². The van der Waals surface area contributed by atoms with Gasteiger partial charge in [-0.15, -0.1) is 0 Å². The normalized spacial score (nSPS) is 11.1. The van der Waals surface area contributed by atoms with Crippen LogP contribution in [0.25, 0.3) is 5.65 Å². The molecule has 0 aliphatic rings. The average Bonchev–Trinajstić information content (AvgIpc) is 3.23. The monoisotopic (exact) mass is 420 g/mol. The number of halogens is 1. The van der Waals surface area contributed by atoms with Gasteiger partial charge in [0, 0.05) is 35.9 Å². The van der Waals surface area contributed by atoms with E-state index in [1.165, 1.54) is 16.6 Å². The Bertz CT molecular complexity index is 1290. The van der Waals surface area contributed by atoms with E-state index in [1.807, 2.05) is 18.4 Å². The van der Waals surface area contributed by atoms with Crippen molar-refractivity contribution in [3.8, 4) is 0 Å². The van der Waals surface area contributed by atoms with Gasteiger partial charge in [-0.3, -0.25) is 4.79 Å². The molecule has 1 aromatic carbocycles. The lowest BCUT2D eigenvalue weighted by molar-refractivity contribution is 0.0475.